The number of hydrogen-bond acceptors (Lipinski definition) is 6. The minimum Gasteiger partial charge on any atom is -0.395 e. The zero-order valence-electron chi connectivity index (χ0n) is 12.9. The molecule has 0 aromatic carbocycles. The first-order valence-corrected chi connectivity index (χ1v) is 7.71. The van der Waals surface area contributed by atoms with Crippen LogP contribution in [0.25, 0.3) is 5.82 Å². The molecule has 0 radical (unpaired) electrons. The number of aryl methyl sites for hydroxylation is 1. The molecule has 0 saturated carbocycles. The van der Waals surface area contributed by atoms with E-state index in [1.54, 1.807) is 4.68 Å². The van der Waals surface area contributed by atoms with E-state index in [1.807, 2.05) is 31.3 Å². The molecular weight excluding hydrogens is 280 g/mol. The minimum atomic E-state index is 0.220. The van der Waals surface area contributed by atoms with E-state index < -0.39 is 0 Å². The highest BCUT2D eigenvalue weighted by atomic mass is 16.3. The molecule has 0 amide bonds. The van der Waals surface area contributed by atoms with E-state index in [4.69, 9.17) is 5.11 Å². The Morgan fingerprint density at radius 1 is 1.05 bits per heavy atom. The molecule has 1 aliphatic heterocycles. The van der Waals surface area contributed by atoms with Gasteiger partial charge in [0.05, 0.1) is 12.3 Å². The third-order valence-electron chi connectivity index (χ3n) is 3.92. The van der Waals surface area contributed by atoms with Crippen LogP contribution in [0.1, 0.15) is 12.1 Å². The fourth-order valence-corrected chi connectivity index (χ4v) is 2.72. The van der Waals surface area contributed by atoms with Crippen LogP contribution in [0.3, 0.4) is 0 Å². The maximum absolute atomic E-state index is 9.05. The van der Waals surface area contributed by atoms with Crippen molar-refractivity contribution in [3.8, 4) is 5.82 Å². The molecule has 0 aliphatic carbocycles. The van der Waals surface area contributed by atoms with Gasteiger partial charge in [0.25, 0.3) is 0 Å². The smallest absolute Gasteiger partial charge is 0.175 e. The first kappa shape index (κ1) is 14.9. The Labute approximate surface area is 130 Å². The molecule has 3 rings (SSSR count). The van der Waals surface area contributed by atoms with E-state index in [-0.39, 0.29) is 6.61 Å². The molecule has 118 valence electrons. The number of β-amino-alcohol motifs (C(OH)–C–C–N with tert-alkyl or cyclic N) is 1. The molecule has 1 fully saturated rings. The van der Waals surface area contributed by atoms with Gasteiger partial charge in [-0.05, 0) is 38.1 Å². The Bertz CT molecular complexity index is 596. The number of nitrogens with zero attached hydrogens (tertiary/aromatic N) is 6. The second-order valence-corrected chi connectivity index (χ2v) is 5.56. The van der Waals surface area contributed by atoms with Crippen LogP contribution in [0.4, 0.5) is 5.82 Å². The summed E-state index contributed by atoms with van der Waals surface area (Å²) in [5.41, 5.74) is 0.961. The normalized spacial score (nSPS) is 16.7. The van der Waals surface area contributed by atoms with Crippen LogP contribution in [0, 0.1) is 6.92 Å². The molecule has 1 N–H and O–H groups in total. The fraction of sp³-hybridized carbons (Fsp3) is 0.533. The van der Waals surface area contributed by atoms with Crippen LogP contribution in [-0.2, 0) is 0 Å². The van der Waals surface area contributed by atoms with E-state index >= 15 is 0 Å². The van der Waals surface area contributed by atoms with Crippen molar-refractivity contribution in [2.45, 2.75) is 13.3 Å². The van der Waals surface area contributed by atoms with E-state index in [1.165, 1.54) is 0 Å². The van der Waals surface area contributed by atoms with Gasteiger partial charge < -0.3 is 10.0 Å². The van der Waals surface area contributed by atoms with Gasteiger partial charge in [-0.3, -0.25) is 4.90 Å². The van der Waals surface area contributed by atoms with Crippen molar-refractivity contribution in [2.24, 2.45) is 0 Å². The van der Waals surface area contributed by atoms with Gasteiger partial charge in [-0.2, -0.15) is 5.10 Å². The highest BCUT2D eigenvalue weighted by molar-refractivity contribution is 5.39. The molecule has 22 heavy (non-hydrogen) atoms. The van der Waals surface area contributed by atoms with E-state index in [0.717, 1.165) is 56.5 Å². The van der Waals surface area contributed by atoms with Gasteiger partial charge >= 0.3 is 0 Å². The summed E-state index contributed by atoms with van der Waals surface area (Å²) in [6.07, 6.45) is 2.96. The first-order valence-electron chi connectivity index (χ1n) is 7.71. The van der Waals surface area contributed by atoms with Crippen molar-refractivity contribution in [3.63, 3.8) is 0 Å². The lowest BCUT2D eigenvalue weighted by atomic mass is 10.3. The molecular formula is C15H22N6O. The summed E-state index contributed by atoms with van der Waals surface area (Å²) >= 11 is 0. The standard InChI is InChI=1S/C15H22N6O/c1-13-5-8-21(18-13)15-4-3-14(16-17-15)20-7-2-6-19(9-10-20)11-12-22/h3-5,8,22H,2,6-7,9-12H2,1H3. The highest BCUT2D eigenvalue weighted by Gasteiger charge is 2.16. The summed E-state index contributed by atoms with van der Waals surface area (Å²) in [7, 11) is 0. The molecule has 3 heterocycles. The van der Waals surface area contributed by atoms with Gasteiger partial charge in [-0.1, -0.05) is 0 Å². The molecule has 0 spiro atoms. The van der Waals surface area contributed by atoms with Crippen LogP contribution in [0.2, 0.25) is 0 Å². The average Bonchev–Trinajstić information content (AvgIpc) is 2.83. The van der Waals surface area contributed by atoms with Crippen LogP contribution >= 0.6 is 0 Å². The Morgan fingerprint density at radius 2 is 1.86 bits per heavy atom. The maximum atomic E-state index is 9.05. The monoisotopic (exact) mass is 302 g/mol. The van der Waals surface area contributed by atoms with Gasteiger partial charge in [0.1, 0.15) is 0 Å². The molecule has 2 aromatic rings. The number of rotatable bonds is 4. The van der Waals surface area contributed by atoms with Gasteiger partial charge in [0.15, 0.2) is 11.6 Å². The van der Waals surface area contributed by atoms with Crippen molar-refractivity contribution in [2.75, 3.05) is 44.2 Å². The summed E-state index contributed by atoms with van der Waals surface area (Å²) in [6.45, 7) is 6.77. The van der Waals surface area contributed by atoms with Gasteiger partial charge in [-0.15, -0.1) is 10.2 Å². The Kier molecular flexibility index (Phi) is 4.65. The van der Waals surface area contributed by atoms with Gasteiger partial charge in [0.2, 0.25) is 0 Å². The number of aliphatic hydroxyl groups is 1. The van der Waals surface area contributed by atoms with Gasteiger partial charge in [-0.25, -0.2) is 4.68 Å². The summed E-state index contributed by atoms with van der Waals surface area (Å²) in [5.74, 6) is 1.63. The van der Waals surface area contributed by atoms with E-state index in [2.05, 4.69) is 25.1 Å². The predicted molar refractivity (Wildman–Crippen MR) is 84.2 cm³/mol. The van der Waals surface area contributed by atoms with Gasteiger partial charge in [0, 0.05) is 32.4 Å². The van der Waals surface area contributed by atoms with Crippen molar-refractivity contribution < 1.29 is 5.11 Å². The number of anilines is 1. The van der Waals surface area contributed by atoms with E-state index in [9.17, 15) is 0 Å². The molecule has 2 aromatic heterocycles. The van der Waals surface area contributed by atoms with Crippen LogP contribution in [0.5, 0.6) is 0 Å². The topological polar surface area (TPSA) is 70.3 Å². The summed E-state index contributed by atoms with van der Waals surface area (Å²) in [4.78, 5) is 4.54. The molecule has 0 unspecified atom stereocenters. The van der Waals surface area contributed by atoms with Crippen molar-refractivity contribution >= 4 is 5.82 Å². The second-order valence-electron chi connectivity index (χ2n) is 5.56. The zero-order valence-corrected chi connectivity index (χ0v) is 12.9. The molecule has 0 atom stereocenters. The second kappa shape index (κ2) is 6.85. The Balaban J connectivity index is 1.67. The third kappa shape index (κ3) is 3.42. The lowest BCUT2D eigenvalue weighted by Crippen LogP contribution is -2.32. The zero-order chi connectivity index (χ0) is 15.4. The predicted octanol–water partition coefficient (Wildman–Crippen LogP) is 0.475. The largest absolute Gasteiger partial charge is 0.395 e. The Hall–Kier alpha value is -1.99. The van der Waals surface area contributed by atoms with Crippen molar-refractivity contribution in [1.29, 1.82) is 0 Å². The van der Waals surface area contributed by atoms with Crippen LogP contribution in [0.15, 0.2) is 24.4 Å². The summed E-state index contributed by atoms with van der Waals surface area (Å²) in [5, 5.41) is 22.0. The van der Waals surface area contributed by atoms with Crippen molar-refractivity contribution in [3.05, 3.63) is 30.1 Å². The molecule has 7 nitrogen and oxygen atoms in total. The minimum absolute atomic E-state index is 0.220. The fourth-order valence-electron chi connectivity index (χ4n) is 2.72. The SMILES string of the molecule is Cc1ccn(-c2ccc(N3CCCN(CCO)CC3)nn2)n1. The Morgan fingerprint density at radius 3 is 2.55 bits per heavy atom. The van der Waals surface area contributed by atoms with Crippen molar-refractivity contribution in [1.82, 2.24) is 24.9 Å². The maximum Gasteiger partial charge on any atom is 0.175 e. The quantitative estimate of drug-likeness (QED) is 0.885. The lowest BCUT2D eigenvalue weighted by molar-refractivity contribution is 0.204. The highest BCUT2D eigenvalue weighted by Crippen LogP contribution is 2.14. The lowest BCUT2D eigenvalue weighted by Gasteiger charge is -2.21. The molecule has 1 saturated heterocycles. The summed E-state index contributed by atoms with van der Waals surface area (Å²) < 4.78 is 1.73. The van der Waals surface area contributed by atoms with Crippen LogP contribution in [-0.4, -0.2) is 69.3 Å². The first-order chi connectivity index (χ1) is 10.8. The third-order valence-corrected chi connectivity index (χ3v) is 3.92. The number of aromatic nitrogens is 4. The number of hydrogen-bond donors (Lipinski definition) is 1. The average molecular weight is 302 g/mol. The molecule has 0 bridgehead atoms. The van der Waals surface area contributed by atoms with E-state index in [0.29, 0.717) is 0 Å². The summed E-state index contributed by atoms with van der Waals surface area (Å²) in [6, 6.07) is 5.90. The van der Waals surface area contributed by atoms with Crippen LogP contribution < -0.4 is 4.90 Å². The molecule has 7 heteroatoms. The number of aliphatic hydroxyl groups excluding tert-OH is 1. The molecule has 1 aliphatic rings.